The monoisotopic (exact) mass is 166 g/mol. The smallest absolute Gasteiger partial charge is 0.406 e. The molecule has 0 heterocycles. The minimum absolute atomic E-state index is 0.222. The number of carbonyl (C=O) groups is 1. The zero-order valence-corrected chi connectivity index (χ0v) is 6.45. The van der Waals surface area contributed by atoms with Crippen LogP contribution >= 0.6 is 0 Å². The van der Waals surface area contributed by atoms with Gasteiger partial charge in [-0.3, -0.25) is 0 Å². The summed E-state index contributed by atoms with van der Waals surface area (Å²) in [5.41, 5.74) is 0.895. The number of carboxylic acid groups (broad SMARTS) is 1. The van der Waals surface area contributed by atoms with E-state index in [-0.39, 0.29) is 6.67 Å². The molecule has 3 N–H and O–H groups in total. The SMILES string of the molecule is O=C(O)NCNc1ccccc1. The third-order valence-corrected chi connectivity index (χ3v) is 1.31. The van der Waals surface area contributed by atoms with E-state index in [0.717, 1.165) is 5.69 Å². The number of benzene rings is 1. The molecule has 12 heavy (non-hydrogen) atoms. The van der Waals surface area contributed by atoms with E-state index in [1.54, 1.807) is 0 Å². The minimum atomic E-state index is -1.03. The number of amides is 1. The highest BCUT2D eigenvalue weighted by Gasteiger charge is 1.91. The molecule has 0 fully saturated rings. The first kappa shape index (κ1) is 8.39. The Morgan fingerprint density at radius 1 is 1.33 bits per heavy atom. The summed E-state index contributed by atoms with van der Waals surface area (Å²) < 4.78 is 0. The van der Waals surface area contributed by atoms with Crippen LogP contribution in [0.2, 0.25) is 0 Å². The van der Waals surface area contributed by atoms with Gasteiger partial charge in [-0.25, -0.2) is 4.79 Å². The lowest BCUT2D eigenvalue weighted by molar-refractivity contribution is 0.195. The van der Waals surface area contributed by atoms with Crippen LogP contribution in [0.25, 0.3) is 0 Å². The molecule has 0 aliphatic rings. The van der Waals surface area contributed by atoms with Crippen molar-refractivity contribution in [2.45, 2.75) is 0 Å². The Balaban J connectivity index is 2.29. The van der Waals surface area contributed by atoms with Gasteiger partial charge >= 0.3 is 6.09 Å². The van der Waals surface area contributed by atoms with Crippen LogP contribution in [0.5, 0.6) is 0 Å². The summed E-state index contributed by atoms with van der Waals surface area (Å²) in [7, 11) is 0. The third kappa shape index (κ3) is 2.92. The number of para-hydroxylation sites is 1. The van der Waals surface area contributed by atoms with E-state index < -0.39 is 6.09 Å². The van der Waals surface area contributed by atoms with Crippen molar-refractivity contribution < 1.29 is 9.90 Å². The van der Waals surface area contributed by atoms with E-state index >= 15 is 0 Å². The summed E-state index contributed by atoms with van der Waals surface area (Å²) in [5.74, 6) is 0. The summed E-state index contributed by atoms with van der Waals surface area (Å²) in [6.45, 7) is 0.222. The van der Waals surface area contributed by atoms with E-state index in [0.29, 0.717) is 0 Å². The van der Waals surface area contributed by atoms with E-state index in [1.165, 1.54) is 0 Å². The van der Waals surface area contributed by atoms with E-state index in [1.807, 2.05) is 30.3 Å². The molecule has 1 amide bonds. The molecule has 0 bridgehead atoms. The predicted molar refractivity (Wildman–Crippen MR) is 46.1 cm³/mol. The van der Waals surface area contributed by atoms with Crippen molar-refractivity contribution in [3.05, 3.63) is 30.3 Å². The van der Waals surface area contributed by atoms with E-state index in [4.69, 9.17) is 5.11 Å². The summed E-state index contributed by atoms with van der Waals surface area (Å²) in [4.78, 5) is 10.0. The van der Waals surface area contributed by atoms with Gasteiger partial charge in [0.2, 0.25) is 0 Å². The van der Waals surface area contributed by atoms with Crippen molar-refractivity contribution in [3.63, 3.8) is 0 Å². The molecule has 0 atom stereocenters. The number of nitrogens with one attached hydrogen (secondary N) is 2. The maximum Gasteiger partial charge on any atom is 0.406 e. The lowest BCUT2D eigenvalue weighted by Crippen LogP contribution is -2.26. The van der Waals surface area contributed by atoms with Gasteiger partial charge in [0, 0.05) is 5.69 Å². The first-order valence-corrected chi connectivity index (χ1v) is 3.55. The summed E-state index contributed by atoms with van der Waals surface area (Å²) in [6, 6.07) is 9.38. The lowest BCUT2D eigenvalue weighted by Gasteiger charge is -2.04. The second kappa shape index (κ2) is 4.23. The minimum Gasteiger partial charge on any atom is -0.465 e. The highest BCUT2D eigenvalue weighted by atomic mass is 16.4. The Morgan fingerprint density at radius 3 is 2.58 bits per heavy atom. The fraction of sp³-hybridized carbons (Fsp3) is 0.125. The fourth-order valence-corrected chi connectivity index (χ4v) is 0.778. The van der Waals surface area contributed by atoms with Crippen molar-refractivity contribution in [3.8, 4) is 0 Å². The van der Waals surface area contributed by atoms with Crippen LogP contribution in [0.15, 0.2) is 30.3 Å². The van der Waals surface area contributed by atoms with Crippen molar-refractivity contribution >= 4 is 11.8 Å². The van der Waals surface area contributed by atoms with Crippen molar-refractivity contribution in [2.75, 3.05) is 12.0 Å². The predicted octanol–water partition coefficient (Wildman–Crippen LogP) is 1.32. The van der Waals surface area contributed by atoms with Gasteiger partial charge in [-0.05, 0) is 12.1 Å². The Morgan fingerprint density at radius 2 is 2.00 bits per heavy atom. The van der Waals surface area contributed by atoms with E-state index in [9.17, 15) is 4.79 Å². The van der Waals surface area contributed by atoms with Crippen LogP contribution in [-0.4, -0.2) is 17.9 Å². The second-order valence-corrected chi connectivity index (χ2v) is 2.20. The number of hydrogen-bond acceptors (Lipinski definition) is 2. The topological polar surface area (TPSA) is 61.4 Å². The molecular formula is C8H10N2O2. The molecule has 1 aromatic carbocycles. The van der Waals surface area contributed by atoms with Crippen LogP contribution in [0, 0.1) is 0 Å². The highest BCUT2D eigenvalue weighted by molar-refractivity contribution is 5.64. The van der Waals surface area contributed by atoms with Crippen LogP contribution in [0.1, 0.15) is 0 Å². The standard InChI is InChI=1S/C8H10N2O2/c11-8(12)10-6-9-7-4-2-1-3-5-7/h1-5,9-10H,6H2,(H,11,12). The first-order valence-electron chi connectivity index (χ1n) is 3.55. The Bertz CT molecular complexity index is 248. The van der Waals surface area contributed by atoms with Gasteiger partial charge < -0.3 is 15.7 Å². The molecule has 0 aliphatic heterocycles. The average Bonchev–Trinajstić information content (AvgIpc) is 2.05. The number of anilines is 1. The molecule has 0 aromatic heterocycles. The fourth-order valence-electron chi connectivity index (χ4n) is 0.778. The molecule has 0 saturated carbocycles. The average molecular weight is 166 g/mol. The van der Waals surface area contributed by atoms with Crippen LogP contribution < -0.4 is 10.6 Å². The summed E-state index contributed by atoms with van der Waals surface area (Å²) in [6.07, 6.45) is -1.03. The molecule has 4 heteroatoms. The van der Waals surface area contributed by atoms with Gasteiger partial charge in [0.1, 0.15) is 0 Å². The zero-order valence-electron chi connectivity index (χ0n) is 6.45. The van der Waals surface area contributed by atoms with Gasteiger partial charge in [-0.2, -0.15) is 0 Å². The summed E-state index contributed by atoms with van der Waals surface area (Å²) >= 11 is 0. The number of rotatable bonds is 3. The summed E-state index contributed by atoms with van der Waals surface area (Å²) in [5, 5.41) is 13.3. The molecule has 64 valence electrons. The molecule has 1 aromatic rings. The molecule has 1 rings (SSSR count). The molecule has 4 nitrogen and oxygen atoms in total. The number of hydrogen-bond donors (Lipinski definition) is 3. The molecule has 0 saturated heterocycles. The van der Waals surface area contributed by atoms with E-state index in [2.05, 4.69) is 10.6 Å². The Labute approximate surface area is 70.2 Å². The van der Waals surface area contributed by atoms with Crippen molar-refractivity contribution in [2.24, 2.45) is 0 Å². The van der Waals surface area contributed by atoms with Crippen LogP contribution in [-0.2, 0) is 0 Å². The Kier molecular flexibility index (Phi) is 2.95. The molecular weight excluding hydrogens is 156 g/mol. The largest absolute Gasteiger partial charge is 0.465 e. The maximum atomic E-state index is 10.0. The van der Waals surface area contributed by atoms with Gasteiger partial charge in [0.05, 0.1) is 6.67 Å². The van der Waals surface area contributed by atoms with Gasteiger partial charge in [0.15, 0.2) is 0 Å². The van der Waals surface area contributed by atoms with Gasteiger partial charge in [-0.15, -0.1) is 0 Å². The highest BCUT2D eigenvalue weighted by Crippen LogP contribution is 2.02. The molecule has 0 aliphatic carbocycles. The molecule has 0 radical (unpaired) electrons. The lowest BCUT2D eigenvalue weighted by atomic mass is 10.3. The molecule has 0 unspecified atom stereocenters. The van der Waals surface area contributed by atoms with Crippen LogP contribution in [0.4, 0.5) is 10.5 Å². The third-order valence-electron chi connectivity index (χ3n) is 1.31. The zero-order chi connectivity index (χ0) is 8.81. The van der Waals surface area contributed by atoms with Crippen molar-refractivity contribution in [1.82, 2.24) is 5.32 Å². The van der Waals surface area contributed by atoms with Crippen molar-refractivity contribution in [1.29, 1.82) is 0 Å². The van der Waals surface area contributed by atoms with Gasteiger partial charge in [0.25, 0.3) is 0 Å². The quantitative estimate of drug-likeness (QED) is 0.593. The van der Waals surface area contributed by atoms with Gasteiger partial charge in [-0.1, -0.05) is 18.2 Å². The first-order chi connectivity index (χ1) is 5.79. The maximum absolute atomic E-state index is 10.0. The molecule has 0 spiro atoms. The Hall–Kier alpha value is -1.71. The normalized spacial score (nSPS) is 9.00. The second-order valence-electron chi connectivity index (χ2n) is 2.20. The van der Waals surface area contributed by atoms with Crippen LogP contribution in [0.3, 0.4) is 0 Å².